The van der Waals surface area contributed by atoms with Crippen LogP contribution in [0.5, 0.6) is 5.75 Å². The second-order valence-corrected chi connectivity index (χ2v) is 5.23. The van der Waals surface area contributed by atoms with E-state index in [1.165, 1.54) is 0 Å². The highest BCUT2D eigenvalue weighted by Crippen LogP contribution is 2.40. The highest BCUT2D eigenvalue weighted by molar-refractivity contribution is 6.39. The maximum Gasteiger partial charge on any atom is 0.258 e. The maximum atomic E-state index is 12.4. The van der Waals surface area contributed by atoms with Crippen molar-refractivity contribution in [3.05, 3.63) is 59.3 Å². The molecule has 0 saturated heterocycles. The number of nitrogens with one attached hydrogen (secondary N) is 2. The second-order valence-electron chi connectivity index (χ2n) is 5.23. The lowest BCUT2D eigenvalue weighted by Crippen LogP contribution is -2.12. The van der Waals surface area contributed by atoms with Crippen LogP contribution >= 0.6 is 0 Å². The number of oxime groups is 1. The van der Waals surface area contributed by atoms with Gasteiger partial charge in [-0.3, -0.25) is 4.79 Å². The lowest BCUT2D eigenvalue weighted by atomic mass is 10.0. The first-order chi connectivity index (χ1) is 11.2. The van der Waals surface area contributed by atoms with Gasteiger partial charge in [0.25, 0.3) is 5.91 Å². The minimum absolute atomic E-state index is 0.246. The molecule has 0 spiro atoms. The lowest BCUT2D eigenvalue weighted by Gasteiger charge is -2.06. The van der Waals surface area contributed by atoms with Crippen molar-refractivity contribution < 1.29 is 14.7 Å². The molecule has 1 amide bonds. The van der Waals surface area contributed by atoms with Gasteiger partial charge in [-0.15, -0.1) is 0 Å². The van der Waals surface area contributed by atoms with Gasteiger partial charge in [0.15, 0.2) is 0 Å². The van der Waals surface area contributed by atoms with E-state index in [2.05, 4.69) is 15.8 Å². The van der Waals surface area contributed by atoms with Crippen LogP contribution in [-0.2, 0) is 4.79 Å². The zero-order valence-electron chi connectivity index (χ0n) is 12.3. The van der Waals surface area contributed by atoms with E-state index in [1.54, 1.807) is 19.2 Å². The van der Waals surface area contributed by atoms with E-state index in [4.69, 9.17) is 4.74 Å². The van der Waals surface area contributed by atoms with E-state index >= 15 is 0 Å². The first kappa shape index (κ1) is 13.4. The summed E-state index contributed by atoms with van der Waals surface area (Å²) >= 11 is 0. The van der Waals surface area contributed by atoms with Gasteiger partial charge >= 0.3 is 0 Å². The first-order valence-electron chi connectivity index (χ1n) is 7.06. The van der Waals surface area contributed by atoms with E-state index in [1.807, 2.05) is 30.3 Å². The molecule has 0 fully saturated rings. The molecule has 3 N–H and O–H groups in total. The predicted molar refractivity (Wildman–Crippen MR) is 86.9 cm³/mol. The zero-order chi connectivity index (χ0) is 16.0. The number of allylic oxidation sites excluding steroid dienone is 1. The van der Waals surface area contributed by atoms with Crippen LogP contribution in [0, 0.1) is 0 Å². The number of methoxy groups -OCH3 is 1. The highest BCUT2D eigenvalue weighted by Gasteiger charge is 2.34. The number of hydrogen-bond acceptors (Lipinski definition) is 5. The lowest BCUT2D eigenvalue weighted by molar-refractivity contribution is -0.110. The third kappa shape index (κ3) is 1.88. The SMILES string of the molecule is COc1ccc2c(c1)NC(=O)/C2=C1\Nc2ccccc2\C1=N/O. The Kier molecular flexibility index (Phi) is 2.84. The van der Waals surface area contributed by atoms with Crippen molar-refractivity contribution in [3.8, 4) is 5.75 Å². The third-order valence-corrected chi connectivity index (χ3v) is 4.00. The van der Waals surface area contributed by atoms with E-state index in [0.717, 1.165) is 16.8 Å². The number of ether oxygens (including phenoxy) is 1. The molecule has 2 aromatic carbocycles. The molecule has 0 atom stereocenters. The number of carbonyl (C=O) groups excluding carboxylic acids is 1. The Morgan fingerprint density at radius 2 is 1.87 bits per heavy atom. The predicted octanol–water partition coefficient (Wildman–Crippen LogP) is 2.66. The van der Waals surface area contributed by atoms with E-state index in [-0.39, 0.29) is 5.91 Å². The largest absolute Gasteiger partial charge is 0.497 e. The van der Waals surface area contributed by atoms with Crippen LogP contribution in [-0.4, -0.2) is 23.9 Å². The van der Waals surface area contributed by atoms with Crippen LogP contribution in [0.1, 0.15) is 11.1 Å². The smallest absolute Gasteiger partial charge is 0.258 e. The van der Waals surface area contributed by atoms with Crippen molar-refractivity contribution in [1.82, 2.24) is 0 Å². The molecule has 2 heterocycles. The number of benzene rings is 2. The highest BCUT2D eigenvalue weighted by atomic mass is 16.5. The Hall–Kier alpha value is -3.28. The molecule has 6 heteroatoms. The molecular weight excluding hydrogens is 294 g/mol. The molecule has 2 aliphatic rings. The summed E-state index contributed by atoms with van der Waals surface area (Å²) in [4.78, 5) is 12.4. The number of carbonyl (C=O) groups is 1. The number of nitrogens with zero attached hydrogens (tertiary/aromatic N) is 1. The summed E-state index contributed by atoms with van der Waals surface area (Å²) in [6.07, 6.45) is 0. The van der Waals surface area contributed by atoms with Gasteiger partial charge in [-0.1, -0.05) is 23.4 Å². The standard InChI is InChI=1S/C17H13N3O3/c1-23-9-6-7-10-13(8-9)19-17(21)14(10)16-15(20-22)11-4-2-3-5-12(11)18-16/h2-8,18,22H,1H3,(H,19,21)/b16-14-,20-15+. The number of para-hydroxylation sites is 1. The molecule has 0 bridgehead atoms. The van der Waals surface area contributed by atoms with Gasteiger partial charge < -0.3 is 20.6 Å². The Labute approximate surface area is 132 Å². The van der Waals surface area contributed by atoms with Crippen molar-refractivity contribution in [2.24, 2.45) is 5.16 Å². The minimum Gasteiger partial charge on any atom is -0.497 e. The summed E-state index contributed by atoms with van der Waals surface area (Å²) < 4.78 is 5.18. The van der Waals surface area contributed by atoms with Crippen LogP contribution in [0.25, 0.3) is 5.57 Å². The van der Waals surface area contributed by atoms with Crippen LogP contribution in [0.3, 0.4) is 0 Å². The number of fused-ring (bicyclic) bond motifs is 2. The second kappa shape index (κ2) is 4.88. The summed E-state index contributed by atoms with van der Waals surface area (Å²) in [6, 6.07) is 12.8. The average Bonchev–Trinajstić information content (AvgIpc) is 3.09. The topological polar surface area (TPSA) is 83.0 Å². The summed E-state index contributed by atoms with van der Waals surface area (Å²) in [6.45, 7) is 0. The van der Waals surface area contributed by atoms with Gasteiger partial charge in [0, 0.05) is 22.9 Å². The molecule has 0 aliphatic carbocycles. The summed E-state index contributed by atoms with van der Waals surface area (Å²) in [5.74, 6) is 0.415. The number of amides is 1. The first-order valence-corrected chi connectivity index (χ1v) is 7.06. The zero-order valence-corrected chi connectivity index (χ0v) is 12.3. The van der Waals surface area contributed by atoms with Crippen LogP contribution in [0.2, 0.25) is 0 Å². The molecule has 0 saturated carbocycles. The van der Waals surface area contributed by atoms with Gasteiger partial charge in [0.1, 0.15) is 11.5 Å². The van der Waals surface area contributed by atoms with E-state index < -0.39 is 0 Å². The summed E-state index contributed by atoms with van der Waals surface area (Å²) in [5.41, 5.74) is 4.28. The summed E-state index contributed by atoms with van der Waals surface area (Å²) in [7, 11) is 1.57. The molecule has 4 rings (SSSR count). The molecule has 0 aromatic heterocycles. The van der Waals surface area contributed by atoms with Gasteiger partial charge in [0.2, 0.25) is 0 Å². The minimum atomic E-state index is -0.246. The quantitative estimate of drug-likeness (QED) is 0.430. The van der Waals surface area contributed by atoms with Crippen molar-refractivity contribution in [2.75, 3.05) is 17.7 Å². The fourth-order valence-corrected chi connectivity index (χ4v) is 2.94. The molecule has 2 aliphatic heterocycles. The van der Waals surface area contributed by atoms with E-state index in [0.29, 0.717) is 28.4 Å². The molecule has 0 radical (unpaired) electrons. The average molecular weight is 307 g/mol. The molecule has 2 aromatic rings. The van der Waals surface area contributed by atoms with Gasteiger partial charge in [-0.2, -0.15) is 0 Å². The maximum absolute atomic E-state index is 12.4. The van der Waals surface area contributed by atoms with Gasteiger partial charge in [-0.05, 0) is 18.2 Å². The third-order valence-electron chi connectivity index (χ3n) is 4.00. The van der Waals surface area contributed by atoms with Gasteiger partial charge in [-0.25, -0.2) is 0 Å². The molecular formula is C17H13N3O3. The summed E-state index contributed by atoms with van der Waals surface area (Å²) in [5, 5.41) is 18.8. The van der Waals surface area contributed by atoms with Crippen molar-refractivity contribution in [1.29, 1.82) is 0 Å². The Morgan fingerprint density at radius 1 is 1.04 bits per heavy atom. The monoisotopic (exact) mass is 307 g/mol. The molecule has 0 unspecified atom stereocenters. The Balaban J connectivity index is 1.92. The fourth-order valence-electron chi connectivity index (χ4n) is 2.94. The Bertz CT molecular complexity index is 900. The normalized spacial score (nSPS) is 20.0. The molecule has 114 valence electrons. The number of hydrogen-bond donors (Lipinski definition) is 3. The fraction of sp³-hybridized carbons (Fsp3) is 0.0588. The van der Waals surface area contributed by atoms with Gasteiger partial charge in [0.05, 0.1) is 24.1 Å². The number of anilines is 2. The van der Waals surface area contributed by atoms with Crippen molar-refractivity contribution in [3.63, 3.8) is 0 Å². The molecule has 23 heavy (non-hydrogen) atoms. The number of rotatable bonds is 1. The van der Waals surface area contributed by atoms with Crippen molar-refractivity contribution in [2.45, 2.75) is 0 Å². The van der Waals surface area contributed by atoms with Crippen LogP contribution < -0.4 is 15.4 Å². The van der Waals surface area contributed by atoms with Crippen LogP contribution in [0.15, 0.2) is 53.3 Å². The van der Waals surface area contributed by atoms with Crippen LogP contribution in [0.4, 0.5) is 11.4 Å². The van der Waals surface area contributed by atoms with E-state index in [9.17, 15) is 10.0 Å². The molecule has 6 nitrogen and oxygen atoms in total. The van der Waals surface area contributed by atoms with Crippen molar-refractivity contribution >= 4 is 28.6 Å². The Morgan fingerprint density at radius 3 is 2.65 bits per heavy atom.